The average molecular weight is 285 g/mol. The molecule has 7 nitrogen and oxygen atoms in total. The number of aromatic nitrogens is 2. The van der Waals surface area contributed by atoms with Gasteiger partial charge in [-0.2, -0.15) is 10.4 Å². The van der Waals surface area contributed by atoms with E-state index in [1.807, 2.05) is 6.07 Å². The van der Waals surface area contributed by atoms with Gasteiger partial charge in [-0.25, -0.2) is 0 Å². The maximum atomic E-state index is 12.0. The Morgan fingerprint density at radius 1 is 1.52 bits per heavy atom. The molecular weight excluding hydrogens is 270 g/mol. The van der Waals surface area contributed by atoms with Gasteiger partial charge >= 0.3 is 0 Å². The minimum atomic E-state index is -0.784. The number of nitriles is 1. The fraction of sp³-hybridized carbons (Fsp3) is 0.214. The van der Waals surface area contributed by atoms with Crippen molar-refractivity contribution in [3.63, 3.8) is 0 Å². The molecule has 0 fully saturated rings. The molecule has 7 heteroatoms. The average Bonchev–Trinajstić information content (AvgIpc) is 2.92. The molecule has 108 valence electrons. The quantitative estimate of drug-likeness (QED) is 0.851. The molecule has 1 heterocycles. The summed E-state index contributed by atoms with van der Waals surface area (Å²) in [7, 11) is 1.76. The first kappa shape index (κ1) is 14.6. The molecule has 1 atom stereocenters. The highest BCUT2D eigenvalue weighted by Crippen LogP contribution is 2.17. The van der Waals surface area contributed by atoms with Gasteiger partial charge in [0, 0.05) is 24.5 Å². The Hall–Kier alpha value is -2.85. The van der Waals surface area contributed by atoms with Gasteiger partial charge in [-0.15, -0.1) is 0 Å². The Morgan fingerprint density at radius 3 is 2.81 bits per heavy atom. The van der Waals surface area contributed by atoms with E-state index in [9.17, 15) is 4.79 Å². The van der Waals surface area contributed by atoms with E-state index in [1.54, 1.807) is 48.4 Å². The minimum absolute atomic E-state index is 0.0163. The molecule has 1 aromatic carbocycles. The Kier molecular flexibility index (Phi) is 4.53. The molecule has 0 aliphatic rings. The lowest BCUT2D eigenvalue weighted by molar-refractivity contribution is -0.117. The Balaban J connectivity index is 1.97. The number of carbonyl (C=O) groups excluding carboxylic acids is 1. The molecule has 1 unspecified atom stereocenters. The lowest BCUT2D eigenvalue weighted by Crippen LogP contribution is -2.27. The molecule has 21 heavy (non-hydrogen) atoms. The van der Waals surface area contributed by atoms with Gasteiger partial charge < -0.3 is 15.8 Å². The van der Waals surface area contributed by atoms with Crippen molar-refractivity contribution < 1.29 is 9.53 Å². The number of hydrogen-bond donors (Lipinski definition) is 2. The van der Waals surface area contributed by atoms with Gasteiger partial charge in [-0.3, -0.25) is 9.48 Å². The first-order valence-electron chi connectivity index (χ1n) is 6.25. The Bertz CT molecular complexity index is 657. The molecule has 0 saturated carbocycles. The van der Waals surface area contributed by atoms with Gasteiger partial charge in [0.15, 0.2) is 6.61 Å². The summed E-state index contributed by atoms with van der Waals surface area (Å²) in [6, 6.07) is 7.80. The fourth-order valence-corrected chi connectivity index (χ4v) is 1.72. The SMILES string of the molecule is Cn1cc(C(N)C(=O)Nc2ccc(OCC#N)cc2)cn1. The third-order valence-electron chi connectivity index (χ3n) is 2.79. The topological polar surface area (TPSA) is 106 Å². The van der Waals surface area contributed by atoms with E-state index in [2.05, 4.69) is 10.4 Å². The van der Waals surface area contributed by atoms with E-state index >= 15 is 0 Å². The van der Waals surface area contributed by atoms with Gasteiger partial charge in [0.1, 0.15) is 17.9 Å². The number of aryl methyl sites for hydroxylation is 1. The molecular formula is C14H15N5O2. The highest BCUT2D eigenvalue weighted by atomic mass is 16.5. The van der Waals surface area contributed by atoms with E-state index in [4.69, 9.17) is 15.7 Å². The summed E-state index contributed by atoms with van der Waals surface area (Å²) in [4.78, 5) is 12.0. The highest BCUT2D eigenvalue weighted by molar-refractivity contribution is 5.95. The van der Waals surface area contributed by atoms with Crippen LogP contribution in [0.15, 0.2) is 36.7 Å². The number of amides is 1. The summed E-state index contributed by atoms with van der Waals surface area (Å²) in [5.74, 6) is 0.236. The van der Waals surface area contributed by atoms with Gasteiger partial charge in [-0.05, 0) is 24.3 Å². The predicted octanol–water partition coefficient (Wildman–Crippen LogP) is 0.961. The number of nitrogens with one attached hydrogen (secondary N) is 1. The molecule has 1 amide bonds. The molecule has 0 bridgehead atoms. The van der Waals surface area contributed by atoms with E-state index < -0.39 is 6.04 Å². The van der Waals surface area contributed by atoms with Gasteiger partial charge in [0.05, 0.1) is 6.20 Å². The van der Waals surface area contributed by atoms with E-state index in [0.717, 1.165) is 0 Å². The first-order valence-corrected chi connectivity index (χ1v) is 6.25. The molecule has 2 aromatic rings. The van der Waals surface area contributed by atoms with E-state index in [-0.39, 0.29) is 12.5 Å². The van der Waals surface area contributed by atoms with Crippen LogP contribution in [0, 0.1) is 11.3 Å². The highest BCUT2D eigenvalue weighted by Gasteiger charge is 2.17. The van der Waals surface area contributed by atoms with E-state index in [1.165, 1.54) is 0 Å². The van der Waals surface area contributed by atoms with Crippen molar-refractivity contribution in [2.75, 3.05) is 11.9 Å². The summed E-state index contributed by atoms with van der Waals surface area (Å²) >= 11 is 0. The molecule has 1 aromatic heterocycles. The van der Waals surface area contributed by atoms with Crippen molar-refractivity contribution >= 4 is 11.6 Å². The second-order valence-corrected chi connectivity index (χ2v) is 4.39. The number of hydrogen-bond acceptors (Lipinski definition) is 5. The number of anilines is 1. The molecule has 2 rings (SSSR count). The van der Waals surface area contributed by atoms with Crippen LogP contribution in [0.3, 0.4) is 0 Å². The zero-order valence-corrected chi connectivity index (χ0v) is 11.5. The Morgan fingerprint density at radius 2 is 2.24 bits per heavy atom. The molecule has 0 spiro atoms. The standard InChI is InChI=1S/C14H15N5O2/c1-19-9-10(8-17-19)13(16)14(20)18-11-2-4-12(5-3-11)21-7-6-15/h2-5,8-9,13H,7,16H2,1H3,(H,18,20). The molecule has 0 radical (unpaired) electrons. The third kappa shape index (κ3) is 3.81. The summed E-state index contributed by atoms with van der Waals surface area (Å²) in [5.41, 5.74) is 7.11. The molecule has 0 saturated heterocycles. The third-order valence-corrected chi connectivity index (χ3v) is 2.79. The maximum absolute atomic E-state index is 12.0. The second-order valence-electron chi connectivity index (χ2n) is 4.39. The van der Waals surface area contributed by atoms with Crippen LogP contribution >= 0.6 is 0 Å². The minimum Gasteiger partial charge on any atom is -0.479 e. The van der Waals surface area contributed by atoms with Crippen molar-refractivity contribution in [1.29, 1.82) is 5.26 Å². The fourth-order valence-electron chi connectivity index (χ4n) is 1.72. The number of carbonyl (C=O) groups is 1. The first-order chi connectivity index (χ1) is 10.1. The number of benzene rings is 1. The van der Waals surface area contributed by atoms with Crippen molar-refractivity contribution in [3.05, 3.63) is 42.2 Å². The predicted molar refractivity (Wildman–Crippen MR) is 76.3 cm³/mol. The van der Waals surface area contributed by atoms with Crippen LogP contribution in [0.2, 0.25) is 0 Å². The lowest BCUT2D eigenvalue weighted by Gasteiger charge is -2.11. The van der Waals surface area contributed by atoms with Crippen LogP contribution in [0.1, 0.15) is 11.6 Å². The van der Waals surface area contributed by atoms with Crippen LogP contribution in [0.5, 0.6) is 5.75 Å². The van der Waals surface area contributed by atoms with Crippen LogP contribution in [-0.2, 0) is 11.8 Å². The van der Waals surface area contributed by atoms with Crippen molar-refractivity contribution in [3.8, 4) is 11.8 Å². The van der Waals surface area contributed by atoms with Gasteiger partial charge in [0.25, 0.3) is 0 Å². The molecule has 0 aliphatic carbocycles. The van der Waals surface area contributed by atoms with Crippen molar-refractivity contribution in [2.45, 2.75) is 6.04 Å². The molecule has 0 aliphatic heterocycles. The van der Waals surface area contributed by atoms with Gasteiger partial charge in [-0.1, -0.05) is 0 Å². The summed E-state index contributed by atoms with van der Waals surface area (Å²) in [6.45, 7) is -0.0163. The summed E-state index contributed by atoms with van der Waals surface area (Å²) in [6.07, 6.45) is 3.26. The number of nitrogens with zero attached hydrogens (tertiary/aromatic N) is 3. The smallest absolute Gasteiger partial charge is 0.246 e. The largest absolute Gasteiger partial charge is 0.479 e. The Labute approximate surface area is 121 Å². The molecule has 3 N–H and O–H groups in total. The van der Waals surface area contributed by atoms with Crippen LogP contribution < -0.4 is 15.8 Å². The zero-order valence-electron chi connectivity index (χ0n) is 11.5. The van der Waals surface area contributed by atoms with Crippen molar-refractivity contribution in [2.24, 2.45) is 12.8 Å². The van der Waals surface area contributed by atoms with Crippen LogP contribution in [0.25, 0.3) is 0 Å². The van der Waals surface area contributed by atoms with Crippen LogP contribution in [0.4, 0.5) is 5.69 Å². The summed E-state index contributed by atoms with van der Waals surface area (Å²) < 4.78 is 6.71. The van der Waals surface area contributed by atoms with E-state index in [0.29, 0.717) is 17.0 Å². The van der Waals surface area contributed by atoms with Crippen molar-refractivity contribution in [1.82, 2.24) is 9.78 Å². The maximum Gasteiger partial charge on any atom is 0.246 e. The number of ether oxygens (including phenoxy) is 1. The number of rotatable bonds is 5. The van der Waals surface area contributed by atoms with Crippen LogP contribution in [-0.4, -0.2) is 22.3 Å². The van der Waals surface area contributed by atoms with Gasteiger partial charge in [0.2, 0.25) is 5.91 Å². The normalized spacial score (nSPS) is 11.5. The summed E-state index contributed by atoms with van der Waals surface area (Å²) in [5, 5.41) is 15.1. The monoisotopic (exact) mass is 285 g/mol. The number of nitrogens with two attached hydrogens (primary N) is 1. The lowest BCUT2D eigenvalue weighted by atomic mass is 10.1. The zero-order chi connectivity index (χ0) is 15.2. The second kappa shape index (κ2) is 6.54.